The standard InChI is InChI=1S/3C5H11O2.Fe/c3*1-5(2)7-4-3-6;/h3*5H,3-4H2,1-2H3;/q3*-1;+3. The van der Waals surface area contributed by atoms with Crippen LogP contribution in [0.5, 0.6) is 0 Å². The topological polar surface area (TPSA) is 96.9 Å². The predicted octanol–water partition coefficient (Wildman–Crippen LogP) is -0.687. The molecule has 0 amide bonds. The zero-order valence-corrected chi connectivity index (χ0v) is 15.9. The van der Waals surface area contributed by atoms with Gasteiger partial charge >= 0.3 is 17.1 Å². The maximum Gasteiger partial charge on any atom is 3.00 e. The maximum atomic E-state index is 9.71. The number of hydrogen-bond donors (Lipinski definition) is 0. The SMILES string of the molecule is CC(C)OCC[O-].CC(C)OCC[O-].CC(C)OCC[O-].[Fe+3]. The fraction of sp³-hybridized carbons (Fsp3) is 1.00. The smallest absolute Gasteiger partial charge is 0.853 e. The summed E-state index contributed by atoms with van der Waals surface area (Å²) in [5.41, 5.74) is 0. The van der Waals surface area contributed by atoms with Crippen LogP contribution in [0.2, 0.25) is 0 Å². The Hall–Kier alpha value is 0.279. The summed E-state index contributed by atoms with van der Waals surface area (Å²) in [5, 5.41) is 29.1. The molecule has 0 aromatic carbocycles. The Morgan fingerprint density at radius 2 is 0.727 bits per heavy atom. The summed E-state index contributed by atoms with van der Waals surface area (Å²) in [4.78, 5) is 0. The van der Waals surface area contributed by atoms with Crippen LogP contribution in [0.3, 0.4) is 0 Å². The fourth-order valence-electron chi connectivity index (χ4n) is 0.851. The van der Waals surface area contributed by atoms with Gasteiger partial charge in [-0.15, -0.1) is 19.8 Å². The average molecular weight is 365 g/mol. The van der Waals surface area contributed by atoms with Crippen molar-refractivity contribution in [3.63, 3.8) is 0 Å². The molecule has 6 nitrogen and oxygen atoms in total. The quantitative estimate of drug-likeness (QED) is 0.502. The number of ether oxygens (including phenoxy) is 3. The van der Waals surface area contributed by atoms with E-state index in [0.717, 1.165) is 0 Å². The molecule has 0 unspecified atom stereocenters. The Balaban J connectivity index is -0.000000108. The number of rotatable bonds is 9. The van der Waals surface area contributed by atoms with Gasteiger partial charge in [0.1, 0.15) is 0 Å². The van der Waals surface area contributed by atoms with Gasteiger partial charge in [0.2, 0.25) is 0 Å². The van der Waals surface area contributed by atoms with Crippen LogP contribution in [0.1, 0.15) is 41.5 Å². The van der Waals surface area contributed by atoms with Crippen molar-refractivity contribution >= 4 is 0 Å². The molecule has 0 bridgehead atoms. The minimum atomic E-state index is -0.127. The van der Waals surface area contributed by atoms with Crippen molar-refractivity contribution in [3.05, 3.63) is 0 Å². The Labute approximate surface area is 146 Å². The van der Waals surface area contributed by atoms with E-state index in [1.165, 1.54) is 0 Å². The molecular weight excluding hydrogens is 332 g/mol. The molecule has 0 aromatic rings. The van der Waals surface area contributed by atoms with Crippen LogP contribution in [0.15, 0.2) is 0 Å². The molecule has 0 aromatic heterocycles. The van der Waals surface area contributed by atoms with E-state index < -0.39 is 0 Å². The Kier molecular flexibility index (Phi) is 35.9. The molecule has 1 radical (unpaired) electrons. The predicted molar refractivity (Wildman–Crippen MR) is 77.9 cm³/mol. The molecule has 0 spiro atoms. The van der Waals surface area contributed by atoms with Crippen LogP contribution in [0, 0.1) is 0 Å². The molecular formula is C15H33FeO6. The van der Waals surface area contributed by atoms with Gasteiger partial charge in [-0.2, -0.15) is 0 Å². The van der Waals surface area contributed by atoms with E-state index in [2.05, 4.69) is 0 Å². The zero-order valence-electron chi connectivity index (χ0n) is 14.8. The third-order valence-corrected chi connectivity index (χ3v) is 1.60. The van der Waals surface area contributed by atoms with E-state index in [4.69, 9.17) is 14.2 Å². The van der Waals surface area contributed by atoms with Gasteiger partial charge in [-0.3, -0.25) is 0 Å². The second kappa shape index (κ2) is 26.2. The average Bonchev–Trinajstić information content (AvgIpc) is 2.41. The summed E-state index contributed by atoms with van der Waals surface area (Å²) in [6.07, 6.45) is 0.608. The summed E-state index contributed by atoms with van der Waals surface area (Å²) in [7, 11) is 0. The molecule has 7 heteroatoms. The van der Waals surface area contributed by atoms with E-state index in [0.29, 0.717) is 19.8 Å². The molecule has 0 saturated carbocycles. The summed E-state index contributed by atoms with van der Waals surface area (Å²) in [6.45, 7) is 12.1. The first kappa shape index (κ1) is 30.2. The zero-order chi connectivity index (χ0) is 17.1. The first-order chi connectivity index (χ1) is 9.81. The Bertz CT molecular complexity index is 140. The number of hydrogen-bond acceptors (Lipinski definition) is 6. The van der Waals surface area contributed by atoms with Crippen molar-refractivity contribution in [2.24, 2.45) is 0 Å². The Morgan fingerprint density at radius 1 is 0.545 bits per heavy atom. The normalized spacial score (nSPS) is 9.82. The van der Waals surface area contributed by atoms with Gasteiger partial charge in [-0.25, -0.2) is 0 Å². The van der Waals surface area contributed by atoms with Crippen LogP contribution in [-0.4, -0.2) is 58.0 Å². The van der Waals surface area contributed by atoms with Crippen LogP contribution in [0.4, 0.5) is 0 Å². The summed E-state index contributed by atoms with van der Waals surface area (Å²) < 4.78 is 14.6. The van der Waals surface area contributed by atoms with E-state index in [9.17, 15) is 15.3 Å². The van der Waals surface area contributed by atoms with Gasteiger partial charge < -0.3 is 29.5 Å². The molecule has 137 valence electrons. The fourth-order valence-corrected chi connectivity index (χ4v) is 0.851. The molecule has 0 atom stereocenters. The van der Waals surface area contributed by atoms with Crippen LogP contribution in [-0.2, 0) is 31.3 Å². The van der Waals surface area contributed by atoms with Gasteiger partial charge in [0.05, 0.1) is 18.3 Å². The monoisotopic (exact) mass is 365 g/mol. The van der Waals surface area contributed by atoms with Gasteiger partial charge in [0.25, 0.3) is 0 Å². The minimum Gasteiger partial charge on any atom is -0.853 e. The molecule has 0 saturated heterocycles. The third-order valence-electron chi connectivity index (χ3n) is 1.60. The van der Waals surface area contributed by atoms with Crippen molar-refractivity contribution in [1.82, 2.24) is 0 Å². The van der Waals surface area contributed by atoms with Crippen molar-refractivity contribution in [3.8, 4) is 0 Å². The van der Waals surface area contributed by atoms with Gasteiger partial charge in [0, 0.05) is 19.8 Å². The van der Waals surface area contributed by atoms with Crippen LogP contribution in [0.25, 0.3) is 0 Å². The van der Waals surface area contributed by atoms with Crippen molar-refractivity contribution < 1.29 is 46.6 Å². The molecule has 0 heterocycles. The third kappa shape index (κ3) is 50.0. The van der Waals surface area contributed by atoms with E-state index in [1.807, 2.05) is 41.5 Å². The van der Waals surface area contributed by atoms with Gasteiger partial charge in [-0.1, -0.05) is 0 Å². The van der Waals surface area contributed by atoms with Crippen molar-refractivity contribution in [1.29, 1.82) is 0 Å². The molecule has 0 aliphatic carbocycles. The van der Waals surface area contributed by atoms with Crippen molar-refractivity contribution in [2.45, 2.75) is 59.9 Å². The van der Waals surface area contributed by atoms with Crippen LogP contribution < -0.4 is 15.3 Å². The molecule has 22 heavy (non-hydrogen) atoms. The van der Waals surface area contributed by atoms with Gasteiger partial charge in [0.15, 0.2) is 0 Å². The largest absolute Gasteiger partial charge is 3.00 e. The molecule has 0 N–H and O–H groups in total. The minimum absolute atomic E-state index is 0. The Morgan fingerprint density at radius 3 is 0.773 bits per heavy atom. The first-order valence-corrected chi connectivity index (χ1v) is 7.40. The summed E-state index contributed by atoms with van der Waals surface area (Å²) in [5.74, 6) is 0. The van der Waals surface area contributed by atoms with Crippen molar-refractivity contribution in [2.75, 3.05) is 39.6 Å². The summed E-state index contributed by atoms with van der Waals surface area (Å²) >= 11 is 0. The molecule has 0 aliphatic rings. The first-order valence-electron chi connectivity index (χ1n) is 7.40. The second-order valence-corrected chi connectivity index (χ2v) is 4.87. The molecule has 0 fully saturated rings. The second-order valence-electron chi connectivity index (χ2n) is 4.87. The summed E-state index contributed by atoms with van der Waals surface area (Å²) in [6, 6.07) is 0. The maximum absolute atomic E-state index is 9.71. The van der Waals surface area contributed by atoms with Gasteiger partial charge in [-0.05, 0) is 41.5 Å². The molecule has 0 aliphatic heterocycles. The van der Waals surface area contributed by atoms with E-state index in [-0.39, 0.29) is 55.2 Å². The molecule has 0 rings (SSSR count). The van der Waals surface area contributed by atoms with E-state index in [1.54, 1.807) is 0 Å². The van der Waals surface area contributed by atoms with Crippen LogP contribution >= 0.6 is 0 Å². The van der Waals surface area contributed by atoms with E-state index >= 15 is 0 Å².